The van der Waals surface area contributed by atoms with Crippen LogP contribution in [0.3, 0.4) is 0 Å². The normalized spacial score (nSPS) is 16.3. The number of benzene rings is 1. The molecule has 1 unspecified atom stereocenters. The second kappa shape index (κ2) is 6.74. The van der Waals surface area contributed by atoms with Crippen molar-refractivity contribution in [1.82, 2.24) is 9.88 Å². The number of aromatic nitrogens is 1. The summed E-state index contributed by atoms with van der Waals surface area (Å²) in [7, 11) is 0. The first-order valence-electron chi connectivity index (χ1n) is 7.54. The third-order valence-corrected chi connectivity index (χ3v) is 3.96. The molecule has 0 fully saturated rings. The van der Waals surface area contributed by atoms with Gasteiger partial charge < -0.3 is 14.9 Å². The molecule has 23 heavy (non-hydrogen) atoms. The van der Waals surface area contributed by atoms with Gasteiger partial charge in [-0.3, -0.25) is 9.88 Å². The van der Waals surface area contributed by atoms with Gasteiger partial charge in [0.2, 0.25) is 0 Å². The predicted octanol–water partition coefficient (Wildman–Crippen LogP) is 2.68. The minimum Gasteiger partial charge on any atom is -0.504 e. The van der Waals surface area contributed by atoms with E-state index in [1.165, 1.54) is 0 Å². The number of fused-ring (bicyclic) bond motifs is 1. The summed E-state index contributed by atoms with van der Waals surface area (Å²) in [6, 6.07) is 7.20. The number of pyridine rings is 1. The zero-order valence-electron chi connectivity index (χ0n) is 12.9. The lowest BCUT2D eigenvalue weighted by molar-refractivity contribution is 0.117. The second-order valence-electron chi connectivity index (χ2n) is 5.78. The summed E-state index contributed by atoms with van der Waals surface area (Å²) >= 11 is 5.87. The molecule has 0 saturated heterocycles. The number of halogens is 1. The molecule has 0 radical (unpaired) electrons. The van der Waals surface area contributed by atoms with Gasteiger partial charge in [0.05, 0.1) is 16.8 Å². The largest absolute Gasteiger partial charge is 0.504 e. The highest BCUT2D eigenvalue weighted by molar-refractivity contribution is 6.30. The van der Waals surface area contributed by atoms with E-state index in [2.05, 4.69) is 9.88 Å². The molecule has 2 heterocycles. The van der Waals surface area contributed by atoms with Crippen LogP contribution in [0.2, 0.25) is 5.02 Å². The first kappa shape index (κ1) is 16.1. The van der Waals surface area contributed by atoms with Crippen molar-refractivity contribution in [3.05, 3.63) is 41.0 Å². The number of aliphatic hydroxyl groups is 1. The summed E-state index contributed by atoms with van der Waals surface area (Å²) in [4.78, 5) is 6.40. The molecule has 2 N–H and O–H groups in total. The van der Waals surface area contributed by atoms with Crippen molar-refractivity contribution in [3.8, 4) is 22.8 Å². The van der Waals surface area contributed by atoms with Gasteiger partial charge in [-0.2, -0.15) is 0 Å². The van der Waals surface area contributed by atoms with Gasteiger partial charge in [-0.15, -0.1) is 0 Å². The molecule has 0 saturated carbocycles. The maximum atomic E-state index is 10.3. The molecule has 1 aliphatic heterocycles. The molecule has 1 aromatic carbocycles. The predicted molar refractivity (Wildman–Crippen MR) is 88.8 cm³/mol. The fourth-order valence-corrected chi connectivity index (χ4v) is 2.89. The minimum absolute atomic E-state index is 0.105. The van der Waals surface area contributed by atoms with Crippen molar-refractivity contribution in [1.29, 1.82) is 0 Å². The molecule has 1 aliphatic rings. The average Bonchev–Trinajstić information content (AvgIpc) is 2.69. The number of phenolic OH excluding ortho intramolecular Hbond substituents is 1. The zero-order valence-corrected chi connectivity index (χ0v) is 13.6. The van der Waals surface area contributed by atoms with Crippen molar-refractivity contribution in [2.24, 2.45) is 0 Å². The number of hydrogen-bond donors (Lipinski definition) is 2. The smallest absolute Gasteiger partial charge is 0.165 e. The van der Waals surface area contributed by atoms with Crippen molar-refractivity contribution in [3.63, 3.8) is 0 Å². The van der Waals surface area contributed by atoms with Crippen LogP contribution in [0.15, 0.2) is 30.5 Å². The number of hydrogen-bond acceptors (Lipinski definition) is 5. The third kappa shape index (κ3) is 3.75. The van der Waals surface area contributed by atoms with Gasteiger partial charge in [0.15, 0.2) is 11.5 Å². The molecular weight excluding hydrogens is 316 g/mol. The van der Waals surface area contributed by atoms with Gasteiger partial charge in [0, 0.05) is 37.0 Å². The van der Waals surface area contributed by atoms with Crippen LogP contribution in [0.5, 0.6) is 11.5 Å². The number of rotatable bonds is 3. The molecule has 1 aromatic heterocycles. The average molecular weight is 335 g/mol. The molecule has 0 spiro atoms. The van der Waals surface area contributed by atoms with Gasteiger partial charge in [-0.25, -0.2) is 0 Å². The molecule has 6 heteroatoms. The quantitative estimate of drug-likeness (QED) is 0.903. The van der Waals surface area contributed by atoms with Crippen LogP contribution in [0, 0.1) is 0 Å². The summed E-state index contributed by atoms with van der Waals surface area (Å²) in [6.45, 7) is 4.11. The molecular formula is C17H19ClN2O3. The van der Waals surface area contributed by atoms with Crippen LogP contribution in [0.1, 0.15) is 12.5 Å². The van der Waals surface area contributed by atoms with Crippen molar-refractivity contribution in [2.75, 3.05) is 19.7 Å². The topological polar surface area (TPSA) is 65.8 Å². The summed E-state index contributed by atoms with van der Waals surface area (Å²) in [5.41, 5.74) is 2.43. The van der Waals surface area contributed by atoms with Crippen LogP contribution < -0.4 is 4.74 Å². The van der Waals surface area contributed by atoms with E-state index in [0.29, 0.717) is 37.0 Å². The van der Waals surface area contributed by atoms with Gasteiger partial charge >= 0.3 is 0 Å². The Balaban J connectivity index is 1.95. The summed E-state index contributed by atoms with van der Waals surface area (Å²) in [5, 5.41) is 20.5. The first-order chi connectivity index (χ1) is 11.0. The Morgan fingerprint density at radius 1 is 1.39 bits per heavy atom. The van der Waals surface area contributed by atoms with E-state index < -0.39 is 6.10 Å². The standard InChI is InChI=1S/C17H19ClN2O3/c1-11(21)9-20-4-5-23-17-13(10-20)6-12(7-16(17)22)15-3-2-14(18)8-19-15/h2-3,6-8,11,21-22H,4-5,9-10H2,1H3. The molecule has 3 rings (SSSR count). The highest BCUT2D eigenvalue weighted by Crippen LogP contribution is 2.37. The van der Waals surface area contributed by atoms with Crippen molar-refractivity contribution >= 4 is 11.6 Å². The fourth-order valence-electron chi connectivity index (χ4n) is 2.78. The van der Waals surface area contributed by atoms with Gasteiger partial charge in [-0.05, 0) is 31.2 Å². The number of phenols is 1. The van der Waals surface area contributed by atoms with Crippen LogP contribution in [0.4, 0.5) is 0 Å². The Morgan fingerprint density at radius 2 is 2.22 bits per heavy atom. The molecule has 0 bridgehead atoms. The Kier molecular flexibility index (Phi) is 4.71. The zero-order chi connectivity index (χ0) is 16.4. The lowest BCUT2D eigenvalue weighted by Crippen LogP contribution is -2.32. The van der Waals surface area contributed by atoms with Crippen LogP contribution in [-0.2, 0) is 6.54 Å². The molecule has 0 aliphatic carbocycles. The van der Waals surface area contributed by atoms with E-state index in [1.54, 1.807) is 25.3 Å². The second-order valence-corrected chi connectivity index (χ2v) is 6.21. The van der Waals surface area contributed by atoms with Gasteiger partial charge in [0.25, 0.3) is 0 Å². The number of aliphatic hydroxyl groups excluding tert-OH is 1. The Bertz CT molecular complexity index is 689. The lowest BCUT2D eigenvalue weighted by atomic mass is 10.0. The maximum Gasteiger partial charge on any atom is 0.165 e. The molecule has 2 aromatic rings. The third-order valence-electron chi connectivity index (χ3n) is 3.74. The Hall–Kier alpha value is -1.82. The molecule has 5 nitrogen and oxygen atoms in total. The van der Waals surface area contributed by atoms with E-state index in [1.807, 2.05) is 12.1 Å². The van der Waals surface area contributed by atoms with E-state index in [4.69, 9.17) is 16.3 Å². The molecule has 0 amide bonds. The number of nitrogens with zero attached hydrogens (tertiary/aromatic N) is 2. The Labute approximate surface area is 140 Å². The SMILES string of the molecule is CC(O)CN1CCOc2c(O)cc(-c3ccc(Cl)cn3)cc2C1. The van der Waals surface area contributed by atoms with Crippen molar-refractivity contribution in [2.45, 2.75) is 19.6 Å². The summed E-state index contributed by atoms with van der Waals surface area (Å²) in [6.07, 6.45) is 1.17. The minimum atomic E-state index is -0.411. The monoisotopic (exact) mass is 334 g/mol. The summed E-state index contributed by atoms with van der Waals surface area (Å²) in [5.74, 6) is 0.615. The molecule has 122 valence electrons. The van der Waals surface area contributed by atoms with Crippen LogP contribution >= 0.6 is 11.6 Å². The van der Waals surface area contributed by atoms with Crippen LogP contribution in [0.25, 0.3) is 11.3 Å². The van der Waals surface area contributed by atoms with E-state index in [-0.39, 0.29) is 5.75 Å². The first-order valence-corrected chi connectivity index (χ1v) is 7.92. The maximum absolute atomic E-state index is 10.3. The van der Waals surface area contributed by atoms with E-state index >= 15 is 0 Å². The highest BCUT2D eigenvalue weighted by atomic mass is 35.5. The lowest BCUT2D eigenvalue weighted by Gasteiger charge is -2.20. The van der Waals surface area contributed by atoms with Crippen LogP contribution in [-0.4, -0.2) is 45.9 Å². The number of ether oxygens (including phenoxy) is 1. The van der Waals surface area contributed by atoms with E-state index in [9.17, 15) is 10.2 Å². The number of aromatic hydroxyl groups is 1. The summed E-state index contributed by atoms with van der Waals surface area (Å²) < 4.78 is 5.69. The van der Waals surface area contributed by atoms with E-state index in [0.717, 1.165) is 16.8 Å². The number of β-amino-alcohol motifs (C(OH)–C–C–N with tert-alkyl or cyclic N) is 1. The van der Waals surface area contributed by atoms with Gasteiger partial charge in [-0.1, -0.05) is 11.6 Å². The fraction of sp³-hybridized carbons (Fsp3) is 0.353. The van der Waals surface area contributed by atoms with Gasteiger partial charge in [0.1, 0.15) is 6.61 Å². The highest BCUT2D eigenvalue weighted by Gasteiger charge is 2.20. The Morgan fingerprint density at radius 3 is 2.91 bits per heavy atom. The molecule has 1 atom stereocenters. The van der Waals surface area contributed by atoms with Crippen molar-refractivity contribution < 1.29 is 14.9 Å².